The molecule has 0 unspecified atom stereocenters. The van der Waals surface area contributed by atoms with Gasteiger partial charge in [0.05, 0.1) is 11.1 Å². The molecule has 4 nitrogen and oxygen atoms in total. The van der Waals surface area contributed by atoms with Crippen LogP contribution in [0.2, 0.25) is 0 Å². The summed E-state index contributed by atoms with van der Waals surface area (Å²) in [6, 6.07) is 10.1. The molecule has 0 aliphatic carbocycles. The first-order valence-corrected chi connectivity index (χ1v) is 7.41. The molecule has 2 aromatic rings. The second-order valence-corrected chi connectivity index (χ2v) is 5.81. The van der Waals surface area contributed by atoms with Crippen molar-refractivity contribution in [3.63, 3.8) is 0 Å². The van der Waals surface area contributed by atoms with Crippen molar-refractivity contribution >= 4 is 16.2 Å². The van der Waals surface area contributed by atoms with E-state index in [1.807, 2.05) is 13.8 Å². The fourth-order valence-corrected chi connectivity index (χ4v) is 2.39. The van der Waals surface area contributed by atoms with Crippen molar-refractivity contribution in [2.24, 2.45) is 4.40 Å². The van der Waals surface area contributed by atoms with Crippen molar-refractivity contribution in [3.8, 4) is 0 Å². The van der Waals surface area contributed by atoms with Gasteiger partial charge in [-0.3, -0.25) is 0 Å². The maximum Gasteiger partial charge on any atom is 0.282 e. The maximum atomic E-state index is 12.0. The average Bonchev–Trinajstić information content (AvgIpc) is 2.85. The smallest absolute Gasteiger partial charge is 0.282 e. The zero-order valence-electron chi connectivity index (χ0n) is 10.8. The van der Waals surface area contributed by atoms with E-state index in [-0.39, 0.29) is 4.90 Å². The number of benzene rings is 1. The molecule has 0 fully saturated rings. The van der Waals surface area contributed by atoms with Crippen LogP contribution in [0.25, 0.3) is 0 Å². The summed E-state index contributed by atoms with van der Waals surface area (Å²) in [6.07, 6.45) is 1.99. The number of aryl methyl sites for hydroxylation is 2. The second kappa shape index (κ2) is 5.40. The monoisotopic (exact) mass is 277 g/mol. The SMILES string of the molecule is CCc1ccc(C=NS(=O)(=O)c2ccc(C)cc2)o1. The molecule has 5 heteroatoms. The topological polar surface area (TPSA) is 59.6 Å². The molecule has 19 heavy (non-hydrogen) atoms. The molecule has 1 aromatic carbocycles. The highest BCUT2D eigenvalue weighted by molar-refractivity contribution is 7.90. The molecule has 0 saturated heterocycles. The van der Waals surface area contributed by atoms with Crippen molar-refractivity contribution in [2.45, 2.75) is 25.2 Å². The van der Waals surface area contributed by atoms with Gasteiger partial charge in [-0.2, -0.15) is 12.8 Å². The summed E-state index contributed by atoms with van der Waals surface area (Å²) in [5.41, 5.74) is 1.00. The van der Waals surface area contributed by atoms with Gasteiger partial charge in [0.25, 0.3) is 10.0 Å². The third kappa shape index (κ3) is 3.32. The lowest BCUT2D eigenvalue weighted by atomic mass is 10.2. The maximum absolute atomic E-state index is 12.0. The van der Waals surface area contributed by atoms with E-state index >= 15 is 0 Å². The number of hydrogen-bond donors (Lipinski definition) is 0. The van der Waals surface area contributed by atoms with Crippen molar-refractivity contribution in [3.05, 3.63) is 53.5 Å². The summed E-state index contributed by atoms with van der Waals surface area (Å²) in [7, 11) is -3.66. The van der Waals surface area contributed by atoms with E-state index in [9.17, 15) is 8.42 Å². The van der Waals surface area contributed by atoms with Crippen molar-refractivity contribution < 1.29 is 12.8 Å². The van der Waals surface area contributed by atoms with Crippen LogP contribution in [0.15, 0.2) is 50.1 Å². The Balaban J connectivity index is 2.23. The van der Waals surface area contributed by atoms with E-state index in [2.05, 4.69) is 4.40 Å². The predicted octanol–water partition coefficient (Wildman–Crippen LogP) is 2.96. The van der Waals surface area contributed by atoms with Crippen LogP contribution in [0, 0.1) is 6.92 Å². The fourth-order valence-electron chi connectivity index (χ4n) is 1.55. The molecule has 0 atom stereocenters. The third-order valence-corrected chi connectivity index (χ3v) is 3.92. The van der Waals surface area contributed by atoms with Gasteiger partial charge >= 0.3 is 0 Å². The summed E-state index contributed by atoms with van der Waals surface area (Å²) in [4.78, 5) is 0.177. The number of hydrogen-bond acceptors (Lipinski definition) is 3. The summed E-state index contributed by atoms with van der Waals surface area (Å²) in [5, 5.41) is 0. The molecule has 0 saturated carbocycles. The van der Waals surface area contributed by atoms with Gasteiger partial charge in [-0.1, -0.05) is 24.6 Å². The molecule has 0 spiro atoms. The van der Waals surface area contributed by atoms with Crippen LogP contribution in [0.1, 0.15) is 24.0 Å². The molecular weight excluding hydrogens is 262 g/mol. The van der Waals surface area contributed by atoms with Gasteiger partial charge in [-0.05, 0) is 31.2 Å². The highest BCUT2D eigenvalue weighted by Crippen LogP contribution is 2.13. The van der Waals surface area contributed by atoms with Crippen LogP contribution in [0.5, 0.6) is 0 Å². The van der Waals surface area contributed by atoms with Gasteiger partial charge in [0.15, 0.2) is 0 Å². The van der Waals surface area contributed by atoms with Crippen molar-refractivity contribution in [1.29, 1.82) is 0 Å². The Kier molecular flexibility index (Phi) is 3.85. The molecule has 2 rings (SSSR count). The fraction of sp³-hybridized carbons (Fsp3) is 0.214. The molecule has 1 aromatic heterocycles. The molecule has 0 N–H and O–H groups in total. The molecule has 100 valence electrons. The Morgan fingerprint density at radius 3 is 2.42 bits per heavy atom. The first kappa shape index (κ1) is 13.5. The zero-order valence-corrected chi connectivity index (χ0v) is 11.6. The number of nitrogens with zero attached hydrogens (tertiary/aromatic N) is 1. The van der Waals surface area contributed by atoms with Gasteiger partial charge in [0, 0.05) is 6.42 Å². The van der Waals surface area contributed by atoms with Crippen LogP contribution in [-0.4, -0.2) is 14.6 Å². The lowest BCUT2D eigenvalue weighted by molar-refractivity contribution is 0.510. The average molecular weight is 277 g/mol. The number of furan rings is 1. The first-order chi connectivity index (χ1) is 9.01. The van der Waals surface area contributed by atoms with E-state index in [4.69, 9.17) is 4.42 Å². The van der Waals surface area contributed by atoms with Gasteiger partial charge in [0.1, 0.15) is 11.5 Å². The summed E-state index contributed by atoms with van der Waals surface area (Å²) >= 11 is 0. The van der Waals surface area contributed by atoms with Crippen LogP contribution in [0.3, 0.4) is 0 Å². The highest BCUT2D eigenvalue weighted by Gasteiger charge is 2.11. The Bertz CT molecular complexity index is 682. The molecule has 0 bridgehead atoms. The molecule has 1 heterocycles. The minimum absolute atomic E-state index is 0.177. The molecule has 0 aliphatic rings. The summed E-state index contributed by atoms with van der Waals surface area (Å²) in [6.45, 7) is 3.86. The second-order valence-electron chi connectivity index (χ2n) is 4.18. The number of sulfonamides is 1. The van der Waals surface area contributed by atoms with Gasteiger partial charge in [-0.25, -0.2) is 0 Å². The van der Waals surface area contributed by atoms with E-state index in [1.54, 1.807) is 36.4 Å². The quantitative estimate of drug-likeness (QED) is 0.807. The third-order valence-electron chi connectivity index (χ3n) is 2.67. The van der Waals surface area contributed by atoms with Crippen LogP contribution in [-0.2, 0) is 16.4 Å². The summed E-state index contributed by atoms with van der Waals surface area (Å²) in [5.74, 6) is 1.24. The summed E-state index contributed by atoms with van der Waals surface area (Å²) < 4.78 is 32.9. The molecular formula is C14H15NO3S. The lowest BCUT2D eigenvalue weighted by Crippen LogP contribution is -1.97. The van der Waals surface area contributed by atoms with E-state index < -0.39 is 10.0 Å². The largest absolute Gasteiger partial charge is 0.460 e. The normalized spacial score (nSPS) is 12.1. The minimum atomic E-state index is -3.66. The van der Waals surface area contributed by atoms with Crippen molar-refractivity contribution in [2.75, 3.05) is 0 Å². The standard InChI is InChI=1S/C14H15NO3S/c1-3-12-6-7-13(18-12)10-15-19(16,17)14-8-4-11(2)5-9-14/h4-10H,3H2,1-2H3. The Morgan fingerprint density at radius 1 is 1.16 bits per heavy atom. The Labute approximate surface area is 112 Å². The Hall–Kier alpha value is -1.88. The minimum Gasteiger partial charge on any atom is -0.460 e. The van der Waals surface area contributed by atoms with Crippen LogP contribution in [0.4, 0.5) is 0 Å². The van der Waals surface area contributed by atoms with Crippen molar-refractivity contribution in [1.82, 2.24) is 0 Å². The molecule has 0 amide bonds. The first-order valence-electron chi connectivity index (χ1n) is 5.97. The van der Waals surface area contributed by atoms with E-state index in [1.165, 1.54) is 6.21 Å². The van der Waals surface area contributed by atoms with Gasteiger partial charge in [0.2, 0.25) is 0 Å². The van der Waals surface area contributed by atoms with Crippen LogP contribution >= 0.6 is 0 Å². The predicted molar refractivity (Wildman–Crippen MR) is 74.0 cm³/mol. The van der Waals surface area contributed by atoms with E-state index in [0.717, 1.165) is 17.7 Å². The zero-order chi connectivity index (χ0) is 13.9. The van der Waals surface area contributed by atoms with E-state index in [0.29, 0.717) is 5.76 Å². The van der Waals surface area contributed by atoms with Gasteiger partial charge in [-0.15, -0.1) is 0 Å². The number of rotatable bonds is 4. The molecule has 0 aliphatic heterocycles. The van der Waals surface area contributed by atoms with Crippen LogP contribution < -0.4 is 0 Å². The lowest BCUT2D eigenvalue weighted by Gasteiger charge is -1.98. The molecule has 0 radical (unpaired) electrons. The Morgan fingerprint density at radius 2 is 1.84 bits per heavy atom. The highest BCUT2D eigenvalue weighted by atomic mass is 32.2. The van der Waals surface area contributed by atoms with Gasteiger partial charge < -0.3 is 4.42 Å².